The minimum absolute atomic E-state index is 0.150. The van der Waals surface area contributed by atoms with Crippen LogP contribution in [-0.2, 0) is 12.6 Å². The zero-order valence-corrected chi connectivity index (χ0v) is 12.6. The number of alkyl halides is 3. The van der Waals surface area contributed by atoms with Crippen LogP contribution in [0.1, 0.15) is 22.0 Å². The summed E-state index contributed by atoms with van der Waals surface area (Å²) in [5, 5.41) is 1.88. The minimum atomic E-state index is -4.41. The molecule has 0 aliphatic heterocycles. The fraction of sp³-hybridized carbons (Fsp3) is 0.231. The Morgan fingerprint density at radius 1 is 1.30 bits per heavy atom. The molecule has 2 rings (SSSR count). The first-order valence-corrected chi connectivity index (χ1v) is 7.44. The van der Waals surface area contributed by atoms with Crippen LogP contribution in [-0.4, -0.2) is 0 Å². The summed E-state index contributed by atoms with van der Waals surface area (Å²) in [6.45, 7) is 0. The van der Waals surface area contributed by atoms with Gasteiger partial charge >= 0.3 is 6.18 Å². The number of hydrogen-bond donors (Lipinski definition) is 2. The van der Waals surface area contributed by atoms with Crippen LogP contribution in [0.5, 0.6) is 0 Å². The molecule has 0 spiro atoms. The molecule has 0 radical (unpaired) electrons. The van der Waals surface area contributed by atoms with Crippen molar-refractivity contribution in [1.82, 2.24) is 5.43 Å². The Morgan fingerprint density at radius 2 is 2.05 bits per heavy atom. The highest BCUT2D eigenvalue weighted by molar-refractivity contribution is 9.10. The van der Waals surface area contributed by atoms with Gasteiger partial charge in [0.1, 0.15) is 0 Å². The van der Waals surface area contributed by atoms with Gasteiger partial charge in [0.05, 0.1) is 11.6 Å². The molecule has 1 unspecified atom stereocenters. The highest BCUT2D eigenvalue weighted by atomic mass is 79.9. The van der Waals surface area contributed by atoms with Crippen molar-refractivity contribution in [3.63, 3.8) is 0 Å². The van der Waals surface area contributed by atoms with Gasteiger partial charge in [0.2, 0.25) is 0 Å². The standard InChI is InChI=1S/C13H12BrF3N2S/c14-8-3-4-10(11(6-8)13(15,16)17)12(19-18)7-9-2-1-5-20-9/h1-6,12,19H,7,18H2. The van der Waals surface area contributed by atoms with Crippen molar-refractivity contribution in [1.29, 1.82) is 0 Å². The molecular weight excluding hydrogens is 353 g/mol. The molecular formula is C13H12BrF3N2S. The first-order chi connectivity index (χ1) is 9.41. The summed E-state index contributed by atoms with van der Waals surface area (Å²) in [6, 6.07) is 7.27. The number of nitrogens with one attached hydrogen (secondary N) is 1. The van der Waals surface area contributed by atoms with Crippen molar-refractivity contribution >= 4 is 27.3 Å². The number of hydrazine groups is 1. The van der Waals surface area contributed by atoms with E-state index in [-0.39, 0.29) is 5.56 Å². The summed E-state index contributed by atoms with van der Waals surface area (Å²) in [5.74, 6) is 5.45. The van der Waals surface area contributed by atoms with Gasteiger partial charge in [-0.1, -0.05) is 28.1 Å². The fourth-order valence-corrected chi connectivity index (χ4v) is 3.08. The molecule has 1 aromatic carbocycles. The lowest BCUT2D eigenvalue weighted by atomic mass is 9.97. The second-order valence-electron chi connectivity index (χ2n) is 4.23. The molecule has 0 saturated heterocycles. The first-order valence-electron chi connectivity index (χ1n) is 5.77. The van der Waals surface area contributed by atoms with Crippen molar-refractivity contribution in [2.24, 2.45) is 5.84 Å². The van der Waals surface area contributed by atoms with Gasteiger partial charge < -0.3 is 0 Å². The number of hydrogen-bond acceptors (Lipinski definition) is 3. The largest absolute Gasteiger partial charge is 0.416 e. The van der Waals surface area contributed by atoms with Crippen molar-refractivity contribution in [2.45, 2.75) is 18.6 Å². The van der Waals surface area contributed by atoms with Gasteiger partial charge in [-0.25, -0.2) is 0 Å². The molecule has 0 saturated carbocycles. The van der Waals surface area contributed by atoms with E-state index in [2.05, 4.69) is 21.4 Å². The van der Waals surface area contributed by atoms with Crippen LogP contribution in [0.15, 0.2) is 40.2 Å². The van der Waals surface area contributed by atoms with Crippen LogP contribution in [0.3, 0.4) is 0 Å². The Hall–Kier alpha value is -0.890. The Kier molecular flexibility index (Phi) is 4.85. The number of halogens is 4. The summed E-state index contributed by atoms with van der Waals surface area (Å²) in [6.07, 6.45) is -4.00. The highest BCUT2D eigenvalue weighted by Crippen LogP contribution is 2.37. The maximum Gasteiger partial charge on any atom is 0.416 e. The van der Waals surface area contributed by atoms with E-state index in [9.17, 15) is 13.2 Å². The first kappa shape index (κ1) is 15.5. The van der Waals surface area contributed by atoms with Crippen molar-refractivity contribution in [3.8, 4) is 0 Å². The molecule has 1 atom stereocenters. The maximum absolute atomic E-state index is 13.1. The monoisotopic (exact) mass is 364 g/mol. The van der Waals surface area contributed by atoms with Gasteiger partial charge in [-0.3, -0.25) is 11.3 Å². The maximum atomic E-state index is 13.1. The minimum Gasteiger partial charge on any atom is -0.271 e. The summed E-state index contributed by atoms with van der Waals surface area (Å²) in [7, 11) is 0. The molecule has 2 nitrogen and oxygen atoms in total. The van der Waals surface area contributed by atoms with Crippen molar-refractivity contribution < 1.29 is 13.2 Å². The average Bonchev–Trinajstić information content (AvgIpc) is 2.88. The van der Waals surface area contributed by atoms with Gasteiger partial charge in [0.25, 0.3) is 0 Å². The summed E-state index contributed by atoms with van der Waals surface area (Å²) in [5.41, 5.74) is 1.95. The molecule has 20 heavy (non-hydrogen) atoms. The fourth-order valence-electron chi connectivity index (χ4n) is 1.97. The third-order valence-corrected chi connectivity index (χ3v) is 4.27. The smallest absolute Gasteiger partial charge is 0.271 e. The highest BCUT2D eigenvalue weighted by Gasteiger charge is 2.35. The third kappa shape index (κ3) is 3.60. The molecule has 108 valence electrons. The summed E-state index contributed by atoms with van der Waals surface area (Å²) < 4.78 is 39.7. The van der Waals surface area contributed by atoms with Crippen LogP contribution in [0, 0.1) is 0 Å². The molecule has 3 N–H and O–H groups in total. The Bertz CT molecular complexity index is 569. The van der Waals surface area contributed by atoms with Gasteiger partial charge in [-0.15, -0.1) is 11.3 Å². The predicted octanol–water partition coefficient (Wildman–Crippen LogP) is 4.28. The van der Waals surface area contributed by atoms with Crippen molar-refractivity contribution in [3.05, 3.63) is 56.2 Å². The van der Waals surface area contributed by atoms with E-state index in [1.807, 2.05) is 17.5 Å². The molecule has 0 bridgehead atoms. The molecule has 0 aliphatic carbocycles. The van der Waals surface area contributed by atoms with E-state index in [1.165, 1.54) is 17.4 Å². The lowest BCUT2D eigenvalue weighted by Crippen LogP contribution is -2.31. The van der Waals surface area contributed by atoms with Crippen LogP contribution >= 0.6 is 27.3 Å². The van der Waals surface area contributed by atoms with Gasteiger partial charge in [0, 0.05) is 15.8 Å². The number of nitrogens with two attached hydrogens (primary N) is 1. The normalized spacial score (nSPS) is 13.4. The average molecular weight is 365 g/mol. The summed E-state index contributed by atoms with van der Waals surface area (Å²) in [4.78, 5) is 0.976. The van der Waals surface area contributed by atoms with Crippen molar-refractivity contribution in [2.75, 3.05) is 0 Å². The lowest BCUT2D eigenvalue weighted by Gasteiger charge is -2.21. The molecule has 7 heteroatoms. The lowest BCUT2D eigenvalue weighted by molar-refractivity contribution is -0.138. The van der Waals surface area contributed by atoms with E-state index >= 15 is 0 Å². The molecule has 2 aromatic rings. The number of rotatable bonds is 4. The van der Waals surface area contributed by atoms with Crippen LogP contribution in [0.4, 0.5) is 13.2 Å². The van der Waals surface area contributed by atoms with E-state index in [0.717, 1.165) is 10.9 Å². The molecule has 0 fully saturated rings. The van der Waals surface area contributed by atoms with Crippen LogP contribution < -0.4 is 11.3 Å². The molecule has 1 heterocycles. The number of benzene rings is 1. The Labute approximate surface area is 126 Å². The second-order valence-corrected chi connectivity index (χ2v) is 6.18. The van der Waals surface area contributed by atoms with Gasteiger partial charge in [0.15, 0.2) is 0 Å². The molecule has 1 aromatic heterocycles. The van der Waals surface area contributed by atoms with E-state index in [1.54, 1.807) is 6.07 Å². The second kappa shape index (κ2) is 6.26. The van der Waals surface area contributed by atoms with Crippen LogP contribution in [0.25, 0.3) is 0 Å². The zero-order valence-electron chi connectivity index (χ0n) is 10.2. The Morgan fingerprint density at radius 3 is 2.60 bits per heavy atom. The van der Waals surface area contributed by atoms with E-state index in [4.69, 9.17) is 5.84 Å². The zero-order chi connectivity index (χ0) is 14.8. The van der Waals surface area contributed by atoms with E-state index < -0.39 is 17.8 Å². The predicted molar refractivity (Wildman–Crippen MR) is 77.2 cm³/mol. The SMILES string of the molecule is NNC(Cc1cccs1)c1ccc(Br)cc1C(F)(F)F. The van der Waals surface area contributed by atoms with E-state index in [0.29, 0.717) is 10.9 Å². The molecule has 0 amide bonds. The van der Waals surface area contributed by atoms with Gasteiger partial charge in [-0.05, 0) is 29.1 Å². The summed E-state index contributed by atoms with van der Waals surface area (Å²) >= 11 is 4.56. The Balaban J connectivity index is 2.38. The quantitative estimate of drug-likeness (QED) is 0.627. The van der Waals surface area contributed by atoms with Gasteiger partial charge in [-0.2, -0.15) is 13.2 Å². The van der Waals surface area contributed by atoms with Crippen LogP contribution in [0.2, 0.25) is 0 Å². The topological polar surface area (TPSA) is 38.0 Å². The third-order valence-electron chi connectivity index (χ3n) is 2.88. The number of thiophene rings is 1. The molecule has 0 aliphatic rings.